The highest BCUT2D eigenvalue weighted by Gasteiger charge is 2.27. The van der Waals surface area contributed by atoms with Crippen molar-refractivity contribution < 1.29 is 4.74 Å². The maximum absolute atomic E-state index is 5.37. The number of nitrogens with one attached hydrogen (secondary N) is 1. The molecule has 0 bridgehead atoms. The number of aryl methyl sites for hydroxylation is 1. The number of ether oxygens (including phenoxy) is 1. The van der Waals surface area contributed by atoms with Crippen molar-refractivity contribution in [3.8, 4) is 5.75 Å². The Balaban J connectivity index is 2.50. The number of methoxy groups -OCH3 is 1. The Bertz CT molecular complexity index is 382. The summed E-state index contributed by atoms with van der Waals surface area (Å²) < 4.78 is 5.37. The van der Waals surface area contributed by atoms with E-state index in [0.717, 1.165) is 18.7 Å². The summed E-state index contributed by atoms with van der Waals surface area (Å²) >= 11 is 0. The molecule has 1 aliphatic heterocycles. The minimum atomic E-state index is 0.337. The molecule has 0 aromatic heterocycles. The Morgan fingerprint density at radius 3 is 2.73 bits per heavy atom. The highest BCUT2D eigenvalue weighted by molar-refractivity contribution is 5.66. The van der Waals surface area contributed by atoms with Gasteiger partial charge in [0.2, 0.25) is 0 Å². The Kier molecular flexibility index (Phi) is 2.37. The van der Waals surface area contributed by atoms with Crippen LogP contribution in [0.1, 0.15) is 25.0 Å². The molecule has 0 unspecified atom stereocenters. The van der Waals surface area contributed by atoms with E-state index in [0.29, 0.717) is 5.41 Å². The molecule has 2 nitrogen and oxygen atoms in total. The van der Waals surface area contributed by atoms with Gasteiger partial charge in [-0.2, -0.15) is 0 Å². The van der Waals surface area contributed by atoms with Gasteiger partial charge in [-0.3, -0.25) is 0 Å². The molecule has 0 aliphatic carbocycles. The van der Waals surface area contributed by atoms with Gasteiger partial charge in [-0.05, 0) is 36.0 Å². The second-order valence-corrected chi connectivity index (χ2v) is 5.13. The summed E-state index contributed by atoms with van der Waals surface area (Å²) in [6.45, 7) is 7.77. The molecule has 0 fully saturated rings. The van der Waals surface area contributed by atoms with Crippen molar-refractivity contribution >= 4 is 5.69 Å². The fraction of sp³-hybridized carbons (Fsp3) is 0.538. The first-order valence-electron chi connectivity index (χ1n) is 5.44. The molecule has 0 saturated heterocycles. The molecule has 1 aromatic carbocycles. The smallest absolute Gasteiger partial charge is 0.142 e. The molecule has 0 amide bonds. The topological polar surface area (TPSA) is 21.3 Å². The van der Waals surface area contributed by atoms with Gasteiger partial charge in [-0.25, -0.2) is 0 Å². The van der Waals surface area contributed by atoms with Crippen molar-refractivity contribution in [1.29, 1.82) is 0 Å². The largest absolute Gasteiger partial charge is 0.495 e. The van der Waals surface area contributed by atoms with Crippen LogP contribution in [0.25, 0.3) is 0 Å². The van der Waals surface area contributed by atoms with Crippen LogP contribution in [0.4, 0.5) is 5.69 Å². The summed E-state index contributed by atoms with van der Waals surface area (Å²) in [6, 6.07) is 4.18. The van der Waals surface area contributed by atoms with Crippen molar-refractivity contribution in [3.63, 3.8) is 0 Å². The van der Waals surface area contributed by atoms with Crippen LogP contribution in [0, 0.1) is 12.3 Å². The van der Waals surface area contributed by atoms with E-state index in [4.69, 9.17) is 4.74 Å². The van der Waals surface area contributed by atoms with Crippen LogP contribution < -0.4 is 10.1 Å². The summed E-state index contributed by atoms with van der Waals surface area (Å²) in [4.78, 5) is 0. The van der Waals surface area contributed by atoms with Gasteiger partial charge < -0.3 is 10.1 Å². The van der Waals surface area contributed by atoms with Crippen LogP contribution in [-0.2, 0) is 6.42 Å². The number of fused-ring (bicyclic) bond motifs is 1. The molecule has 1 N–H and O–H groups in total. The molecule has 82 valence electrons. The fourth-order valence-corrected chi connectivity index (χ4v) is 2.19. The quantitative estimate of drug-likeness (QED) is 0.761. The third-order valence-electron chi connectivity index (χ3n) is 3.13. The summed E-state index contributed by atoms with van der Waals surface area (Å²) in [5.41, 5.74) is 4.29. The Hall–Kier alpha value is -1.18. The maximum atomic E-state index is 5.37. The van der Waals surface area contributed by atoms with Gasteiger partial charge in [0.05, 0.1) is 12.8 Å². The predicted octanol–water partition coefficient (Wildman–Crippen LogP) is 3.00. The van der Waals surface area contributed by atoms with Crippen molar-refractivity contribution in [1.82, 2.24) is 0 Å². The van der Waals surface area contributed by atoms with E-state index in [1.165, 1.54) is 16.8 Å². The van der Waals surface area contributed by atoms with E-state index in [1.807, 2.05) is 6.07 Å². The lowest BCUT2D eigenvalue weighted by atomic mass is 9.80. The Labute approximate surface area is 91.6 Å². The van der Waals surface area contributed by atoms with Crippen molar-refractivity contribution in [2.75, 3.05) is 19.0 Å². The number of hydrogen-bond donors (Lipinski definition) is 1. The van der Waals surface area contributed by atoms with Crippen LogP contribution in [0.2, 0.25) is 0 Å². The SMILES string of the molecule is COc1ccc(C)c2c1NCC(C)(C)C2. The first-order chi connectivity index (χ1) is 7.03. The fourth-order valence-electron chi connectivity index (χ4n) is 2.19. The second-order valence-electron chi connectivity index (χ2n) is 5.13. The zero-order valence-electron chi connectivity index (χ0n) is 9.98. The normalized spacial score (nSPS) is 17.9. The van der Waals surface area contributed by atoms with E-state index >= 15 is 0 Å². The maximum Gasteiger partial charge on any atom is 0.142 e. The molecule has 2 heteroatoms. The molecule has 0 atom stereocenters. The standard InChI is InChI=1S/C13H19NO/c1-9-5-6-11(15-4)12-10(9)7-13(2,3)8-14-12/h5-6,14H,7-8H2,1-4H3. The summed E-state index contributed by atoms with van der Waals surface area (Å²) in [6.07, 6.45) is 1.12. The summed E-state index contributed by atoms with van der Waals surface area (Å²) in [5.74, 6) is 0.964. The minimum absolute atomic E-state index is 0.337. The van der Waals surface area contributed by atoms with Gasteiger partial charge >= 0.3 is 0 Å². The third kappa shape index (κ3) is 1.81. The van der Waals surface area contributed by atoms with E-state index in [9.17, 15) is 0 Å². The number of benzene rings is 1. The molecule has 0 spiro atoms. The van der Waals surface area contributed by atoms with Gasteiger partial charge in [-0.1, -0.05) is 19.9 Å². The monoisotopic (exact) mass is 205 g/mol. The summed E-state index contributed by atoms with van der Waals surface area (Å²) in [7, 11) is 1.73. The van der Waals surface area contributed by atoms with Crippen molar-refractivity contribution in [3.05, 3.63) is 23.3 Å². The van der Waals surface area contributed by atoms with Gasteiger partial charge in [-0.15, -0.1) is 0 Å². The van der Waals surface area contributed by atoms with Gasteiger partial charge in [0, 0.05) is 6.54 Å². The van der Waals surface area contributed by atoms with Gasteiger partial charge in [0.25, 0.3) is 0 Å². The lowest BCUT2D eigenvalue weighted by Crippen LogP contribution is -2.31. The second kappa shape index (κ2) is 3.44. The van der Waals surface area contributed by atoms with Crippen LogP contribution in [0.15, 0.2) is 12.1 Å². The zero-order chi connectivity index (χ0) is 11.1. The molecular weight excluding hydrogens is 186 g/mol. The Morgan fingerprint density at radius 2 is 2.07 bits per heavy atom. The summed E-state index contributed by atoms with van der Waals surface area (Å²) in [5, 5.41) is 3.49. The minimum Gasteiger partial charge on any atom is -0.495 e. The molecule has 0 radical (unpaired) electrons. The average molecular weight is 205 g/mol. The van der Waals surface area contributed by atoms with Crippen molar-refractivity contribution in [2.24, 2.45) is 5.41 Å². The van der Waals surface area contributed by atoms with Crippen LogP contribution in [0.3, 0.4) is 0 Å². The third-order valence-corrected chi connectivity index (χ3v) is 3.13. The van der Waals surface area contributed by atoms with Crippen molar-refractivity contribution in [2.45, 2.75) is 27.2 Å². The molecule has 2 rings (SSSR count). The van der Waals surface area contributed by atoms with Crippen LogP contribution in [0.5, 0.6) is 5.75 Å². The molecular formula is C13H19NO. The average Bonchev–Trinajstić information content (AvgIpc) is 2.18. The predicted molar refractivity (Wildman–Crippen MR) is 63.7 cm³/mol. The lowest BCUT2D eigenvalue weighted by molar-refractivity contribution is 0.370. The van der Waals surface area contributed by atoms with E-state index in [-0.39, 0.29) is 0 Å². The van der Waals surface area contributed by atoms with Gasteiger partial charge in [0.1, 0.15) is 5.75 Å². The van der Waals surface area contributed by atoms with Crippen LogP contribution in [-0.4, -0.2) is 13.7 Å². The molecule has 0 saturated carbocycles. The van der Waals surface area contributed by atoms with E-state index in [2.05, 4.69) is 32.2 Å². The van der Waals surface area contributed by atoms with Crippen LogP contribution >= 0.6 is 0 Å². The zero-order valence-corrected chi connectivity index (χ0v) is 9.98. The highest BCUT2D eigenvalue weighted by atomic mass is 16.5. The highest BCUT2D eigenvalue weighted by Crippen LogP contribution is 2.39. The van der Waals surface area contributed by atoms with E-state index < -0.39 is 0 Å². The Morgan fingerprint density at radius 1 is 1.33 bits per heavy atom. The first-order valence-corrected chi connectivity index (χ1v) is 5.44. The molecule has 15 heavy (non-hydrogen) atoms. The number of hydrogen-bond acceptors (Lipinski definition) is 2. The van der Waals surface area contributed by atoms with E-state index in [1.54, 1.807) is 7.11 Å². The number of rotatable bonds is 1. The molecule has 1 heterocycles. The number of anilines is 1. The lowest BCUT2D eigenvalue weighted by Gasteiger charge is -2.34. The molecule has 1 aliphatic rings. The first kappa shape index (κ1) is 10.3. The molecule has 1 aromatic rings. The van der Waals surface area contributed by atoms with Gasteiger partial charge in [0.15, 0.2) is 0 Å².